The quantitative estimate of drug-likeness (QED) is 0.0144. The maximum atomic E-state index is 11.8. The molecule has 0 fully saturated rings. The first-order valence-corrected chi connectivity index (χ1v) is 45.4. The number of aryl methyl sites for hydroxylation is 2. The Morgan fingerprint density at radius 3 is 1.10 bits per heavy atom. The second-order valence-electron chi connectivity index (χ2n) is 25.8. The van der Waals surface area contributed by atoms with Crippen LogP contribution in [0.25, 0.3) is 127 Å². The van der Waals surface area contributed by atoms with E-state index in [2.05, 4.69) is 207 Å². The minimum atomic E-state index is -1.27. The van der Waals surface area contributed by atoms with Crippen molar-refractivity contribution in [2.75, 3.05) is 14.7 Å². The highest BCUT2D eigenvalue weighted by Gasteiger charge is 2.26. The van der Waals surface area contributed by atoms with Crippen LogP contribution in [0.15, 0.2) is 211 Å². The molecule has 0 amide bonds. The van der Waals surface area contributed by atoms with E-state index in [0.717, 1.165) is 179 Å². The van der Waals surface area contributed by atoms with Gasteiger partial charge in [-0.05, 0) is 218 Å². The van der Waals surface area contributed by atoms with E-state index in [-0.39, 0.29) is 36.0 Å². The largest absolute Gasteiger partial charge is 0.486 e. The maximum Gasteiger partial charge on any atom is 0.349 e. The molecule has 0 saturated heterocycles. The molecule has 4 aromatic carbocycles. The lowest BCUT2D eigenvalue weighted by Gasteiger charge is -2.28. The monoisotopic (exact) mass is 1720 g/mol. The summed E-state index contributed by atoms with van der Waals surface area (Å²) >= 11 is 19.3. The molecule has 0 saturated carbocycles. The predicted molar refractivity (Wildman–Crippen MR) is 486 cm³/mol. The molecule has 0 radical (unpaired) electrons. The van der Waals surface area contributed by atoms with Crippen molar-refractivity contribution in [3.05, 3.63) is 276 Å². The lowest BCUT2D eigenvalue weighted by atomic mass is 9.93. The van der Waals surface area contributed by atoms with Crippen molar-refractivity contribution in [2.45, 2.75) is 52.4 Å². The van der Waals surface area contributed by atoms with Gasteiger partial charge in [0.05, 0.1) is 19.7 Å². The SMILES string of the molecule is [C-]#[N+]/C(=C/c1cc2sc(-c3ccc(N(c4ccc(N(c5ccc(-c6ccc(CCCC)cc6CCCC)cc5)c5ccc(N(c6ccc(-c7cc8sc(/C=C(\[N+]#[C-])C(=O)O)cc8s7)s6)c6ccc(-c7cc8sc(/C=C(\C#N)C(=O)O)cc8s7)s6)cc5)cc4)c4ccc(-c5cc6sc(/C=C(\[N+]#[C-])OC=O)cc6s5)s4)s3)cc2s1)OC=O. The van der Waals surface area contributed by atoms with Crippen LogP contribution in [0.4, 0.5) is 48.4 Å². The van der Waals surface area contributed by atoms with Crippen LogP contribution in [0.1, 0.15) is 70.2 Å². The fourth-order valence-electron chi connectivity index (χ4n) is 13.1. The first-order valence-electron chi connectivity index (χ1n) is 35.6. The third-order valence-corrected chi connectivity index (χ3v) is 32.5. The van der Waals surface area contributed by atoms with E-state index in [1.807, 2.05) is 24.3 Å². The number of carbonyl (C=O) groups excluding carboxylic acids is 2. The van der Waals surface area contributed by atoms with Crippen molar-refractivity contribution < 1.29 is 38.9 Å². The van der Waals surface area contributed by atoms with Crippen LogP contribution in [-0.2, 0) is 41.5 Å². The minimum absolute atomic E-state index is 0.0901. The number of nitrogens with zero attached hydrogens (tertiary/aromatic N) is 7. The smallest absolute Gasteiger partial charge is 0.349 e. The zero-order valence-corrected chi connectivity index (χ0v) is 70.3. The van der Waals surface area contributed by atoms with Crippen molar-refractivity contribution in [1.82, 2.24) is 0 Å². The predicted octanol–water partition coefficient (Wildman–Crippen LogP) is 29.6. The summed E-state index contributed by atoms with van der Waals surface area (Å²) in [4.78, 5) is 74.2. The highest BCUT2D eigenvalue weighted by atomic mass is 32.1. The molecule has 15 nitrogen and oxygen atoms in total. The van der Waals surface area contributed by atoms with Gasteiger partial charge >= 0.3 is 23.7 Å². The Bertz CT molecular complexity index is 6310. The van der Waals surface area contributed by atoms with Gasteiger partial charge < -0.3 is 24.6 Å². The number of benzene rings is 4. The van der Waals surface area contributed by atoms with Gasteiger partial charge in [-0.1, -0.05) is 57.0 Å². The van der Waals surface area contributed by atoms with Crippen molar-refractivity contribution in [3.63, 3.8) is 0 Å². The van der Waals surface area contributed by atoms with E-state index in [1.54, 1.807) is 109 Å². The number of hydrogen-bond acceptors (Lipinski definition) is 22. The van der Waals surface area contributed by atoms with Crippen molar-refractivity contribution in [3.8, 4) is 56.2 Å². The van der Waals surface area contributed by atoms with Gasteiger partial charge in [0.2, 0.25) is 0 Å². The van der Waals surface area contributed by atoms with Crippen LogP contribution in [0.2, 0.25) is 0 Å². The molecule has 16 aromatic rings. The molecule has 0 aliphatic carbocycles. The zero-order valence-electron chi connectivity index (χ0n) is 60.5. The fourth-order valence-corrected chi connectivity index (χ4v) is 27.1. The van der Waals surface area contributed by atoms with Crippen molar-refractivity contribution in [1.29, 1.82) is 5.26 Å². The van der Waals surface area contributed by atoms with Crippen LogP contribution in [-0.4, -0.2) is 35.1 Å². The molecule has 0 atom stereocenters. The minimum Gasteiger partial charge on any atom is -0.486 e. The molecular formula is C88H57N7O8S12. The van der Waals surface area contributed by atoms with Crippen LogP contribution in [0.5, 0.6) is 0 Å². The fraction of sp³-hybridized carbons (Fsp3) is 0.0909. The normalized spacial score (nSPS) is 12.0. The molecule has 115 heavy (non-hydrogen) atoms. The standard InChI is InChI=1S/C88H57N7O8S12/c1-6-8-10-50-12-25-63(52(34-50)11-9-7-2)51-13-15-54(16-14-51)93(55-17-21-57(22-18-55)94(83-30-26-65(112-83)73-43-77-69(108-73)37-59(104-77)35-53(47-89)87(98)99)84-31-27-66(113-84)74-44-78-70(109-74)38-60(105-78)36-64(90-3)88(100)101)56-19-23-58(24-20-56)95(85-32-28-67(114-85)75-45-79-71(110-75)39-61(106-79)41-81(91-4)102-48-96)86-33-29-68(115-86)76-46-80-72(111-76)40-62(107-80)42-82(92-5)103-49-97/h12-46,48-49H,6-11H2,1-2H3,(H,98,99)(H,100,101)/b53-35+,64-36-,81-41-,82-42+. The highest BCUT2D eigenvalue weighted by Crippen LogP contribution is 2.54. The van der Waals surface area contributed by atoms with Gasteiger partial charge in [0.1, 0.15) is 31.6 Å². The third-order valence-electron chi connectivity index (χ3n) is 18.4. The van der Waals surface area contributed by atoms with E-state index in [1.165, 1.54) is 74.2 Å². The molecule has 0 spiro atoms. The number of unbranched alkanes of at least 4 members (excludes halogenated alkanes) is 2. The van der Waals surface area contributed by atoms with E-state index >= 15 is 0 Å². The second-order valence-corrected chi connectivity index (χ2v) is 38.9. The number of thiophene rings is 12. The number of carbonyl (C=O) groups is 4. The number of ether oxygens (including phenoxy) is 2. The molecule has 2 N–H and O–H groups in total. The van der Waals surface area contributed by atoms with Gasteiger partial charge in [-0.3, -0.25) is 24.2 Å². The Kier molecular flexibility index (Phi) is 23.1. The van der Waals surface area contributed by atoms with Crippen LogP contribution >= 0.6 is 136 Å². The first-order chi connectivity index (χ1) is 56.1. The number of carboxylic acids is 2. The van der Waals surface area contributed by atoms with E-state index in [4.69, 9.17) is 29.2 Å². The molecular weight excluding hydrogens is 1670 g/mol. The lowest BCUT2D eigenvalue weighted by molar-refractivity contribution is -0.133. The number of hydrogen-bond donors (Lipinski definition) is 2. The summed E-state index contributed by atoms with van der Waals surface area (Å²) < 4.78 is 18.0. The van der Waals surface area contributed by atoms with Gasteiger partial charge in [-0.15, -0.1) is 136 Å². The van der Waals surface area contributed by atoms with E-state index in [9.17, 15) is 34.7 Å². The highest BCUT2D eigenvalue weighted by molar-refractivity contribution is 7.34. The number of carboxylic acid groups (broad SMARTS) is 2. The molecule has 0 bridgehead atoms. The molecule has 0 aliphatic heterocycles. The third kappa shape index (κ3) is 16.6. The Hall–Kier alpha value is -11.5. The van der Waals surface area contributed by atoms with Crippen LogP contribution in [0, 0.1) is 31.0 Å². The molecule has 27 heteroatoms. The number of fused-ring (bicyclic) bond motifs is 4. The maximum absolute atomic E-state index is 11.8. The Morgan fingerprint density at radius 2 is 0.757 bits per heavy atom. The average Bonchev–Trinajstić information content (AvgIpc) is 1.68. The average molecular weight is 1730 g/mol. The number of anilines is 9. The number of rotatable bonds is 30. The first kappa shape index (κ1) is 77.5. The summed E-state index contributed by atoms with van der Waals surface area (Å²) in [6.45, 7) is 27.4. The van der Waals surface area contributed by atoms with Gasteiger partial charge in [-0.25, -0.2) is 9.64 Å². The summed E-state index contributed by atoms with van der Waals surface area (Å²) in [6, 6.07) is 69.0. The topological polar surface area (TPSA) is 174 Å². The molecule has 12 heterocycles. The summed E-state index contributed by atoms with van der Waals surface area (Å²) in [5.74, 6) is -2.71. The van der Waals surface area contributed by atoms with Crippen LogP contribution < -0.4 is 14.7 Å². The molecule has 0 unspecified atom stereocenters. The molecule has 0 aliphatic rings. The molecule has 564 valence electrons. The van der Waals surface area contributed by atoms with Crippen molar-refractivity contribution >= 4 is 271 Å². The van der Waals surface area contributed by atoms with Gasteiger partial charge in [0.25, 0.3) is 18.6 Å². The van der Waals surface area contributed by atoms with Crippen LogP contribution in [0.3, 0.4) is 0 Å². The molecule has 16 rings (SSSR count). The van der Waals surface area contributed by atoms with E-state index < -0.39 is 11.9 Å². The summed E-state index contributed by atoms with van der Waals surface area (Å²) in [5.41, 5.74) is 9.15. The summed E-state index contributed by atoms with van der Waals surface area (Å²) in [6.07, 6.45) is 12.5. The van der Waals surface area contributed by atoms with Gasteiger partial charge in [-0.2, -0.15) is 15.0 Å². The Morgan fingerprint density at radius 1 is 0.400 bits per heavy atom. The Balaban J connectivity index is 0.782. The lowest BCUT2D eigenvalue weighted by Crippen LogP contribution is -2.12. The van der Waals surface area contributed by atoms with E-state index in [0.29, 0.717) is 9.75 Å². The summed E-state index contributed by atoms with van der Waals surface area (Å²) in [7, 11) is 0. The Labute approximate surface area is 707 Å². The zero-order chi connectivity index (χ0) is 79.4. The number of aliphatic carboxylic acids is 2. The molecule has 12 aromatic heterocycles. The second kappa shape index (κ2) is 34.3. The van der Waals surface area contributed by atoms with Crippen molar-refractivity contribution in [2.24, 2.45) is 0 Å². The number of nitriles is 1. The summed E-state index contributed by atoms with van der Waals surface area (Å²) in [5, 5.41) is 32.7. The van der Waals surface area contributed by atoms with Gasteiger partial charge in [0, 0.05) is 137 Å². The van der Waals surface area contributed by atoms with Gasteiger partial charge in [0.15, 0.2) is 0 Å².